The molecule has 1 aliphatic rings. The number of imidazole rings is 1. The number of nitrogen functional groups attached to an aromatic ring is 1. The number of hydrogen-bond donors (Lipinski definition) is 1. The van der Waals surface area contributed by atoms with Gasteiger partial charge in [-0.2, -0.15) is 4.98 Å². The molecule has 1 saturated heterocycles. The van der Waals surface area contributed by atoms with Gasteiger partial charge in [0.1, 0.15) is 11.2 Å². The highest BCUT2D eigenvalue weighted by Crippen LogP contribution is 2.36. The third-order valence-corrected chi connectivity index (χ3v) is 6.70. The standard InChI is InChI=1S/C23H26N8OS/c1-3-15(2)31-20-19(28-23(31)33-17-7-5-4-6-8-17)18(16-13-25-21(24)26-14-16)27-22(29-20)30-9-11-32-12-10-30/h4-8,13-15H,3,9-12H2,1-2H3,(H2,24,25,26). The van der Waals surface area contributed by atoms with Gasteiger partial charge in [-0.15, -0.1) is 0 Å². The summed E-state index contributed by atoms with van der Waals surface area (Å²) >= 11 is 1.63. The van der Waals surface area contributed by atoms with Crippen molar-refractivity contribution in [2.45, 2.75) is 36.4 Å². The molecule has 0 spiro atoms. The van der Waals surface area contributed by atoms with Crippen molar-refractivity contribution in [3.63, 3.8) is 0 Å². The number of nitrogens with zero attached hydrogens (tertiary/aromatic N) is 7. The van der Waals surface area contributed by atoms with Crippen LogP contribution in [0.2, 0.25) is 0 Å². The number of ether oxygens (including phenoxy) is 1. The number of fused-ring (bicyclic) bond motifs is 1. The van der Waals surface area contributed by atoms with E-state index in [0.29, 0.717) is 24.9 Å². The maximum absolute atomic E-state index is 5.74. The van der Waals surface area contributed by atoms with Crippen LogP contribution < -0.4 is 10.6 Å². The minimum Gasteiger partial charge on any atom is -0.378 e. The molecule has 1 unspecified atom stereocenters. The zero-order valence-corrected chi connectivity index (χ0v) is 19.5. The van der Waals surface area contributed by atoms with E-state index in [0.717, 1.165) is 46.3 Å². The number of aromatic nitrogens is 6. The Morgan fingerprint density at radius 2 is 1.79 bits per heavy atom. The van der Waals surface area contributed by atoms with Crippen LogP contribution >= 0.6 is 11.8 Å². The summed E-state index contributed by atoms with van der Waals surface area (Å²) in [6, 6.07) is 10.5. The number of rotatable bonds is 6. The molecule has 0 radical (unpaired) electrons. The minimum atomic E-state index is 0.212. The number of morpholine rings is 1. The first-order valence-electron chi connectivity index (χ1n) is 11.1. The second-order valence-electron chi connectivity index (χ2n) is 7.91. The van der Waals surface area contributed by atoms with Crippen LogP contribution in [-0.2, 0) is 4.74 Å². The number of hydrogen-bond acceptors (Lipinski definition) is 9. The molecule has 1 atom stereocenters. The molecule has 0 aliphatic carbocycles. The molecule has 1 aliphatic heterocycles. The molecule has 9 nitrogen and oxygen atoms in total. The van der Waals surface area contributed by atoms with Crippen LogP contribution in [0, 0.1) is 0 Å². The summed E-state index contributed by atoms with van der Waals surface area (Å²) in [5, 5.41) is 0.886. The summed E-state index contributed by atoms with van der Waals surface area (Å²) in [4.78, 5) is 26.6. The second-order valence-corrected chi connectivity index (χ2v) is 8.95. The molecule has 1 aromatic carbocycles. The Kier molecular flexibility index (Phi) is 6.10. The summed E-state index contributed by atoms with van der Waals surface area (Å²) in [5.74, 6) is 0.890. The van der Waals surface area contributed by atoms with E-state index >= 15 is 0 Å². The van der Waals surface area contributed by atoms with Crippen LogP contribution in [0.3, 0.4) is 0 Å². The van der Waals surface area contributed by atoms with Crippen molar-refractivity contribution in [3.8, 4) is 11.3 Å². The molecule has 0 saturated carbocycles. The number of benzene rings is 1. The van der Waals surface area contributed by atoms with Crippen LogP contribution in [0.4, 0.5) is 11.9 Å². The maximum Gasteiger partial charge on any atom is 0.228 e. The lowest BCUT2D eigenvalue weighted by Crippen LogP contribution is -2.37. The second kappa shape index (κ2) is 9.32. The molecule has 5 rings (SSSR count). The van der Waals surface area contributed by atoms with Crippen LogP contribution in [0.25, 0.3) is 22.4 Å². The molecule has 1 fully saturated rings. The Balaban J connectivity index is 1.73. The Bertz CT molecular complexity index is 1240. The summed E-state index contributed by atoms with van der Waals surface area (Å²) in [5.41, 5.74) is 8.75. The van der Waals surface area contributed by atoms with Crippen LogP contribution in [0.15, 0.2) is 52.8 Å². The minimum absolute atomic E-state index is 0.212. The van der Waals surface area contributed by atoms with Crippen molar-refractivity contribution in [2.75, 3.05) is 36.9 Å². The van der Waals surface area contributed by atoms with Crippen molar-refractivity contribution < 1.29 is 4.74 Å². The van der Waals surface area contributed by atoms with Gasteiger partial charge < -0.3 is 19.9 Å². The summed E-state index contributed by atoms with van der Waals surface area (Å²) in [6.45, 7) is 7.16. The van der Waals surface area contributed by atoms with Gasteiger partial charge in [0.05, 0.1) is 13.2 Å². The van der Waals surface area contributed by atoms with Gasteiger partial charge >= 0.3 is 0 Å². The first-order chi connectivity index (χ1) is 16.1. The lowest BCUT2D eigenvalue weighted by atomic mass is 10.2. The molecule has 2 N–H and O–H groups in total. The van der Waals surface area contributed by atoms with Crippen LogP contribution in [0.5, 0.6) is 0 Å². The van der Waals surface area contributed by atoms with Crippen LogP contribution in [-0.4, -0.2) is 55.8 Å². The van der Waals surface area contributed by atoms with E-state index in [-0.39, 0.29) is 12.0 Å². The van der Waals surface area contributed by atoms with Crippen molar-refractivity contribution >= 4 is 34.8 Å². The van der Waals surface area contributed by atoms with Gasteiger partial charge in [0.2, 0.25) is 11.9 Å². The van der Waals surface area contributed by atoms with Gasteiger partial charge in [0.15, 0.2) is 10.8 Å². The molecule has 4 heterocycles. The number of anilines is 2. The lowest BCUT2D eigenvalue weighted by molar-refractivity contribution is 0.122. The average molecular weight is 463 g/mol. The normalized spacial score (nSPS) is 15.2. The Morgan fingerprint density at radius 1 is 1.06 bits per heavy atom. The summed E-state index contributed by atoms with van der Waals surface area (Å²) in [7, 11) is 0. The lowest BCUT2D eigenvalue weighted by Gasteiger charge is -2.27. The van der Waals surface area contributed by atoms with E-state index in [1.165, 1.54) is 0 Å². The number of nitrogens with two attached hydrogens (primary N) is 1. The zero-order chi connectivity index (χ0) is 22.8. The molecular weight excluding hydrogens is 436 g/mol. The van der Waals surface area contributed by atoms with E-state index in [4.69, 9.17) is 25.4 Å². The molecule has 4 aromatic rings. The summed E-state index contributed by atoms with van der Waals surface area (Å²) < 4.78 is 7.76. The van der Waals surface area contributed by atoms with E-state index in [2.05, 4.69) is 45.4 Å². The van der Waals surface area contributed by atoms with Crippen molar-refractivity contribution in [2.24, 2.45) is 0 Å². The quantitative estimate of drug-likeness (QED) is 0.457. The van der Waals surface area contributed by atoms with Crippen molar-refractivity contribution in [1.29, 1.82) is 0 Å². The van der Waals surface area contributed by atoms with Gasteiger partial charge in [-0.25, -0.2) is 19.9 Å². The Labute approximate surface area is 196 Å². The Hall–Kier alpha value is -3.24. The maximum atomic E-state index is 5.74. The molecule has 170 valence electrons. The fraction of sp³-hybridized carbons (Fsp3) is 0.348. The fourth-order valence-corrected chi connectivity index (χ4v) is 4.76. The van der Waals surface area contributed by atoms with E-state index in [1.54, 1.807) is 24.2 Å². The van der Waals surface area contributed by atoms with Crippen molar-refractivity contribution in [3.05, 3.63) is 42.7 Å². The molecule has 0 amide bonds. The monoisotopic (exact) mass is 462 g/mol. The third kappa shape index (κ3) is 4.36. The molecule has 3 aromatic heterocycles. The first-order valence-corrected chi connectivity index (χ1v) is 11.9. The highest BCUT2D eigenvalue weighted by Gasteiger charge is 2.24. The molecule has 33 heavy (non-hydrogen) atoms. The average Bonchev–Trinajstić information content (AvgIpc) is 3.22. The smallest absolute Gasteiger partial charge is 0.228 e. The van der Waals surface area contributed by atoms with Gasteiger partial charge in [-0.1, -0.05) is 36.9 Å². The summed E-state index contributed by atoms with van der Waals surface area (Å²) in [6.07, 6.45) is 4.34. The first kappa shape index (κ1) is 21.6. The SMILES string of the molecule is CCC(C)n1c(Sc2ccccc2)nc2c(-c3cnc(N)nc3)nc(N3CCOCC3)nc21. The van der Waals surface area contributed by atoms with Gasteiger partial charge in [0, 0.05) is 42.0 Å². The predicted octanol–water partition coefficient (Wildman–Crippen LogP) is 3.82. The highest BCUT2D eigenvalue weighted by molar-refractivity contribution is 7.99. The molecular formula is C23H26N8OS. The van der Waals surface area contributed by atoms with Crippen LogP contribution in [0.1, 0.15) is 26.3 Å². The topological polar surface area (TPSA) is 108 Å². The van der Waals surface area contributed by atoms with Crippen molar-refractivity contribution in [1.82, 2.24) is 29.5 Å². The Morgan fingerprint density at radius 3 is 2.48 bits per heavy atom. The highest BCUT2D eigenvalue weighted by atomic mass is 32.2. The van der Waals surface area contributed by atoms with Gasteiger partial charge in [-0.05, 0) is 25.5 Å². The van der Waals surface area contributed by atoms with E-state index in [9.17, 15) is 0 Å². The molecule has 10 heteroatoms. The third-order valence-electron chi connectivity index (χ3n) is 5.72. The fourth-order valence-electron chi connectivity index (χ4n) is 3.75. The van der Waals surface area contributed by atoms with E-state index < -0.39 is 0 Å². The predicted molar refractivity (Wildman–Crippen MR) is 129 cm³/mol. The van der Waals surface area contributed by atoms with Gasteiger partial charge in [-0.3, -0.25) is 0 Å². The zero-order valence-electron chi connectivity index (χ0n) is 18.7. The van der Waals surface area contributed by atoms with Gasteiger partial charge in [0.25, 0.3) is 0 Å². The largest absolute Gasteiger partial charge is 0.378 e. The van der Waals surface area contributed by atoms with E-state index in [1.807, 2.05) is 18.2 Å². The molecule has 0 bridgehead atoms.